The maximum absolute atomic E-state index is 6.61. The van der Waals surface area contributed by atoms with E-state index in [-0.39, 0.29) is 0 Å². The van der Waals surface area contributed by atoms with Crippen LogP contribution in [0.15, 0.2) is 42.5 Å². The van der Waals surface area contributed by atoms with Gasteiger partial charge in [0.2, 0.25) is 0 Å². The van der Waals surface area contributed by atoms with E-state index in [2.05, 4.69) is 4.90 Å². The lowest BCUT2D eigenvalue weighted by Gasteiger charge is -2.30. The molecule has 26 heavy (non-hydrogen) atoms. The average molecular weight is 370 g/mol. The van der Waals surface area contributed by atoms with Gasteiger partial charge in [-0.15, -0.1) is 0 Å². The van der Waals surface area contributed by atoms with Gasteiger partial charge < -0.3 is 20.1 Å². The lowest BCUT2D eigenvalue weighted by atomic mass is 10.0. The second kappa shape index (κ2) is 7.02. The number of pyridine rings is 1. The predicted octanol–water partition coefficient (Wildman–Crippen LogP) is 3.98. The minimum absolute atomic E-state index is 0.648. The predicted molar refractivity (Wildman–Crippen MR) is 106 cm³/mol. The van der Waals surface area contributed by atoms with E-state index >= 15 is 0 Å². The summed E-state index contributed by atoms with van der Waals surface area (Å²) in [4.78, 5) is 7.14. The molecule has 2 N–H and O–H groups in total. The summed E-state index contributed by atoms with van der Waals surface area (Å²) in [7, 11) is 1.66. The standard InChI is InChI=1S/C20H20ClN3O2/c1-25-15-5-2-13(3-6-15)18-19(22)16-7-4-14(21)12-17(16)23-20(18)24-8-10-26-11-9-24/h2-7,12H,8-11H2,1H3,(H2,22,23). The van der Waals surface area contributed by atoms with E-state index in [4.69, 9.17) is 31.8 Å². The molecule has 3 aromatic rings. The Balaban J connectivity index is 1.94. The summed E-state index contributed by atoms with van der Waals surface area (Å²) in [5.41, 5.74) is 10.1. The normalized spacial score (nSPS) is 14.6. The van der Waals surface area contributed by atoms with Crippen molar-refractivity contribution in [2.24, 2.45) is 0 Å². The van der Waals surface area contributed by atoms with Gasteiger partial charge >= 0.3 is 0 Å². The summed E-state index contributed by atoms with van der Waals surface area (Å²) in [6.45, 7) is 2.91. The number of benzene rings is 2. The number of rotatable bonds is 3. The maximum atomic E-state index is 6.61. The van der Waals surface area contributed by atoms with Gasteiger partial charge in [0.05, 0.1) is 31.5 Å². The quantitative estimate of drug-likeness (QED) is 0.756. The molecule has 0 amide bonds. The molecule has 4 rings (SSSR count). The molecular weight excluding hydrogens is 350 g/mol. The van der Waals surface area contributed by atoms with Crippen molar-refractivity contribution in [3.63, 3.8) is 0 Å². The molecule has 0 spiro atoms. The third-order valence-corrected chi connectivity index (χ3v) is 4.89. The summed E-state index contributed by atoms with van der Waals surface area (Å²) in [5.74, 6) is 1.67. The molecule has 1 aromatic heterocycles. The highest BCUT2D eigenvalue weighted by molar-refractivity contribution is 6.31. The van der Waals surface area contributed by atoms with Crippen molar-refractivity contribution in [1.82, 2.24) is 4.98 Å². The van der Waals surface area contributed by atoms with Crippen LogP contribution in [0.5, 0.6) is 5.75 Å². The van der Waals surface area contributed by atoms with Gasteiger partial charge in [-0.1, -0.05) is 23.7 Å². The van der Waals surface area contributed by atoms with E-state index in [0.29, 0.717) is 23.9 Å². The second-order valence-corrected chi connectivity index (χ2v) is 6.65. The highest BCUT2D eigenvalue weighted by atomic mass is 35.5. The van der Waals surface area contributed by atoms with Crippen LogP contribution >= 0.6 is 11.6 Å². The lowest BCUT2D eigenvalue weighted by Crippen LogP contribution is -2.37. The molecule has 134 valence electrons. The Morgan fingerprint density at radius 2 is 1.85 bits per heavy atom. The number of methoxy groups -OCH3 is 1. The molecule has 0 bridgehead atoms. The summed E-state index contributed by atoms with van der Waals surface area (Å²) < 4.78 is 10.8. The third-order valence-electron chi connectivity index (χ3n) is 4.66. The molecular formula is C20H20ClN3O2. The van der Waals surface area contributed by atoms with E-state index in [1.54, 1.807) is 7.11 Å². The topological polar surface area (TPSA) is 60.6 Å². The second-order valence-electron chi connectivity index (χ2n) is 6.21. The zero-order chi connectivity index (χ0) is 18.1. The lowest BCUT2D eigenvalue weighted by molar-refractivity contribution is 0.122. The minimum atomic E-state index is 0.648. The number of morpholine rings is 1. The number of aromatic nitrogens is 1. The number of halogens is 1. The molecule has 0 radical (unpaired) electrons. The molecule has 0 unspecified atom stereocenters. The van der Waals surface area contributed by atoms with Gasteiger partial charge in [0.1, 0.15) is 11.6 Å². The first-order chi connectivity index (χ1) is 12.7. The Kier molecular flexibility index (Phi) is 4.57. The molecule has 0 aliphatic carbocycles. The van der Waals surface area contributed by atoms with Crippen molar-refractivity contribution in [2.45, 2.75) is 0 Å². The van der Waals surface area contributed by atoms with Gasteiger partial charge in [-0.2, -0.15) is 0 Å². The summed E-state index contributed by atoms with van der Waals surface area (Å²) in [6, 6.07) is 13.5. The summed E-state index contributed by atoms with van der Waals surface area (Å²) in [5, 5.41) is 1.55. The average Bonchev–Trinajstić information content (AvgIpc) is 2.68. The number of ether oxygens (including phenoxy) is 2. The van der Waals surface area contributed by atoms with Crippen molar-refractivity contribution < 1.29 is 9.47 Å². The van der Waals surface area contributed by atoms with Gasteiger partial charge in [0.15, 0.2) is 0 Å². The molecule has 0 saturated carbocycles. The first-order valence-electron chi connectivity index (χ1n) is 8.53. The van der Waals surface area contributed by atoms with Gasteiger partial charge in [-0.05, 0) is 35.9 Å². The zero-order valence-electron chi connectivity index (χ0n) is 14.5. The fourth-order valence-corrected chi connectivity index (χ4v) is 3.46. The molecule has 1 saturated heterocycles. The number of nitrogen functional groups attached to an aromatic ring is 1. The highest BCUT2D eigenvalue weighted by Crippen LogP contribution is 2.40. The monoisotopic (exact) mass is 369 g/mol. The fraction of sp³-hybridized carbons (Fsp3) is 0.250. The van der Waals surface area contributed by atoms with Gasteiger partial charge in [0, 0.05) is 29.1 Å². The molecule has 1 aliphatic rings. The molecule has 1 fully saturated rings. The molecule has 2 heterocycles. The Labute approximate surface area is 157 Å². The van der Waals surface area contributed by atoms with Crippen LogP contribution < -0.4 is 15.4 Å². The Bertz CT molecular complexity index is 938. The largest absolute Gasteiger partial charge is 0.497 e. The SMILES string of the molecule is COc1ccc(-c2c(N3CCOCC3)nc3cc(Cl)ccc3c2N)cc1. The van der Waals surface area contributed by atoms with E-state index in [1.165, 1.54) is 0 Å². The van der Waals surface area contributed by atoms with Crippen molar-refractivity contribution in [3.05, 3.63) is 47.5 Å². The molecule has 5 nitrogen and oxygen atoms in total. The van der Waals surface area contributed by atoms with Crippen LogP contribution in [0.4, 0.5) is 11.5 Å². The number of fused-ring (bicyclic) bond motifs is 1. The van der Waals surface area contributed by atoms with Crippen LogP contribution in [0.2, 0.25) is 5.02 Å². The van der Waals surface area contributed by atoms with Crippen LogP contribution in [-0.4, -0.2) is 38.4 Å². The smallest absolute Gasteiger partial charge is 0.139 e. The van der Waals surface area contributed by atoms with Crippen LogP contribution in [0.1, 0.15) is 0 Å². The highest BCUT2D eigenvalue weighted by Gasteiger charge is 2.21. The number of nitrogens with two attached hydrogens (primary N) is 1. The van der Waals surface area contributed by atoms with Crippen LogP contribution in [-0.2, 0) is 4.74 Å². The summed E-state index contributed by atoms with van der Waals surface area (Å²) >= 11 is 6.17. The molecule has 1 aliphatic heterocycles. The minimum Gasteiger partial charge on any atom is -0.497 e. The number of nitrogens with zero attached hydrogens (tertiary/aromatic N) is 2. The van der Waals surface area contributed by atoms with E-state index < -0.39 is 0 Å². The number of hydrogen-bond acceptors (Lipinski definition) is 5. The van der Waals surface area contributed by atoms with E-state index in [1.807, 2.05) is 42.5 Å². The summed E-state index contributed by atoms with van der Waals surface area (Å²) in [6.07, 6.45) is 0. The van der Waals surface area contributed by atoms with Crippen molar-refractivity contribution in [1.29, 1.82) is 0 Å². The Morgan fingerprint density at radius 1 is 1.12 bits per heavy atom. The van der Waals surface area contributed by atoms with E-state index in [0.717, 1.165) is 46.7 Å². The zero-order valence-corrected chi connectivity index (χ0v) is 15.3. The van der Waals surface area contributed by atoms with Crippen molar-refractivity contribution >= 4 is 34.0 Å². The van der Waals surface area contributed by atoms with Gasteiger partial charge in [-0.25, -0.2) is 4.98 Å². The number of anilines is 2. The van der Waals surface area contributed by atoms with Crippen molar-refractivity contribution in [2.75, 3.05) is 44.0 Å². The molecule has 0 atom stereocenters. The molecule has 2 aromatic carbocycles. The first-order valence-corrected chi connectivity index (χ1v) is 8.91. The fourth-order valence-electron chi connectivity index (χ4n) is 3.30. The van der Waals surface area contributed by atoms with Gasteiger partial charge in [0.25, 0.3) is 0 Å². The third kappa shape index (κ3) is 3.04. The van der Waals surface area contributed by atoms with Crippen LogP contribution in [0.3, 0.4) is 0 Å². The van der Waals surface area contributed by atoms with Crippen LogP contribution in [0, 0.1) is 0 Å². The van der Waals surface area contributed by atoms with Gasteiger partial charge in [-0.3, -0.25) is 0 Å². The Hall–Kier alpha value is -2.50. The molecule has 6 heteroatoms. The number of hydrogen-bond donors (Lipinski definition) is 1. The first kappa shape index (κ1) is 16.9. The van der Waals surface area contributed by atoms with Crippen LogP contribution in [0.25, 0.3) is 22.0 Å². The van der Waals surface area contributed by atoms with E-state index in [9.17, 15) is 0 Å². The maximum Gasteiger partial charge on any atom is 0.139 e. The Morgan fingerprint density at radius 3 is 2.54 bits per heavy atom. The van der Waals surface area contributed by atoms with Crippen molar-refractivity contribution in [3.8, 4) is 16.9 Å².